The minimum Gasteiger partial charge on any atom is -0.496 e. The quantitative estimate of drug-likeness (QED) is 0.598. The van der Waals surface area contributed by atoms with E-state index in [9.17, 15) is 0 Å². The van der Waals surface area contributed by atoms with Crippen molar-refractivity contribution in [1.29, 1.82) is 0 Å². The van der Waals surface area contributed by atoms with Crippen LogP contribution < -0.4 is 15.4 Å². The maximum atomic E-state index is 5.45. The van der Waals surface area contributed by atoms with Crippen LogP contribution in [-0.4, -0.2) is 31.6 Å². The number of guanidine groups is 1. The van der Waals surface area contributed by atoms with Gasteiger partial charge in [0.2, 0.25) is 0 Å². The van der Waals surface area contributed by atoms with E-state index in [0.29, 0.717) is 6.54 Å². The zero-order chi connectivity index (χ0) is 19.2. The maximum Gasteiger partial charge on any atom is 0.191 e. The summed E-state index contributed by atoms with van der Waals surface area (Å²) in [5.41, 5.74) is 3.56. The van der Waals surface area contributed by atoms with Crippen LogP contribution in [0.1, 0.15) is 42.6 Å². The molecule has 0 saturated heterocycles. The van der Waals surface area contributed by atoms with Crippen LogP contribution in [0.3, 0.4) is 0 Å². The maximum absolute atomic E-state index is 5.45. The van der Waals surface area contributed by atoms with Gasteiger partial charge in [0.25, 0.3) is 0 Å². The Morgan fingerprint density at radius 1 is 1.27 bits per heavy atom. The number of nitrogens with one attached hydrogen (secondary N) is 2. The average Bonchev–Trinajstić information content (AvgIpc) is 3.08. The molecule has 0 aliphatic rings. The molecule has 6 heteroatoms. The van der Waals surface area contributed by atoms with Gasteiger partial charge in [-0.1, -0.05) is 32.9 Å². The lowest BCUT2D eigenvalue weighted by Crippen LogP contribution is -2.37. The number of methoxy groups -OCH3 is 1. The van der Waals surface area contributed by atoms with Crippen molar-refractivity contribution in [2.24, 2.45) is 4.99 Å². The first-order valence-corrected chi connectivity index (χ1v) is 9.74. The molecule has 5 nitrogen and oxygen atoms in total. The summed E-state index contributed by atoms with van der Waals surface area (Å²) in [4.78, 5) is 9.02. The van der Waals surface area contributed by atoms with Crippen molar-refractivity contribution >= 4 is 17.3 Å². The molecular weight excluding hydrogens is 344 g/mol. The zero-order valence-electron chi connectivity index (χ0n) is 16.6. The van der Waals surface area contributed by atoms with Crippen LogP contribution in [0, 0.1) is 6.92 Å². The Hall–Kier alpha value is -2.08. The highest BCUT2D eigenvalue weighted by molar-refractivity contribution is 7.09. The Morgan fingerprint density at radius 2 is 2.04 bits per heavy atom. The zero-order valence-corrected chi connectivity index (χ0v) is 17.5. The fourth-order valence-electron chi connectivity index (χ4n) is 2.46. The highest BCUT2D eigenvalue weighted by Gasteiger charge is 2.17. The van der Waals surface area contributed by atoms with Crippen LogP contribution in [0.25, 0.3) is 0 Å². The average molecular weight is 375 g/mol. The molecule has 26 heavy (non-hydrogen) atoms. The number of aromatic nitrogens is 1. The summed E-state index contributed by atoms with van der Waals surface area (Å²) in [6, 6.07) is 6.21. The van der Waals surface area contributed by atoms with Crippen molar-refractivity contribution in [2.75, 3.05) is 20.7 Å². The van der Waals surface area contributed by atoms with E-state index in [4.69, 9.17) is 9.72 Å². The Labute approximate surface area is 160 Å². The molecule has 0 saturated carbocycles. The minimum absolute atomic E-state index is 0.104. The van der Waals surface area contributed by atoms with Crippen LogP contribution in [-0.2, 0) is 18.4 Å². The summed E-state index contributed by atoms with van der Waals surface area (Å²) in [6.07, 6.45) is 0.884. The monoisotopic (exact) mass is 374 g/mol. The van der Waals surface area contributed by atoms with Gasteiger partial charge in [0.05, 0.1) is 17.8 Å². The van der Waals surface area contributed by atoms with E-state index >= 15 is 0 Å². The third-order valence-electron chi connectivity index (χ3n) is 4.06. The van der Waals surface area contributed by atoms with Gasteiger partial charge in [-0.3, -0.25) is 4.99 Å². The van der Waals surface area contributed by atoms with Crippen molar-refractivity contribution in [3.05, 3.63) is 45.4 Å². The number of benzene rings is 1. The largest absolute Gasteiger partial charge is 0.496 e. The summed E-state index contributed by atoms with van der Waals surface area (Å²) < 4.78 is 5.45. The van der Waals surface area contributed by atoms with Gasteiger partial charge < -0.3 is 15.4 Å². The molecule has 2 N–H and O–H groups in total. The lowest BCUT2D eigenvalue weighted by atomic mass is 9.93. The molecule has 0 unspecified atom stereocenters. The molecule has 1 aromatic heterocycles. The van der Waals surface area contributed by atoms with Gasteiger partial charge in [-0.25, -0.2) is 4.98 Å². The lowest BCUT2D eigenvalue weighted by Gasteiger charge is -2.14. The first-order chi connectivity index (χ1) is 12.3. The van der Waals surface area contributed by atoms with Crippen molar-refractivity contribution in [3.8, 4) is 5.75 Å². The Balaban J connectivity index is 1.84. The number of hydrogen-bond donors (Lipinski definition) is 2. The van der Waals surface area contributed by atoms with Gasteiger partial charge in [0.15, 0.2) is 5.96 Å². The molecule has 0 atom stereocenters. The Bertz CT molecular complexity index is 747. The van der Waals surface area contributed by atoms with E-state index < -0.39 is 0 Å². The van der Waals surface area contributed by atoms with Gasteiger partial charge in [-0.2, -0.15) is 0 Å². The normalized spacial score (nSPS) is 12.2. The fourth-order valence-corrected chi connectivity index (χ4v) is 3.48. The van der Waals surface area contributed by atoms with Crippen molar-refractivity contribution in [2.45, 2.75) is 46.1 Å². The summed E-state index contributed by atoms with van der Waals surface area (Å²) >= 11 is 1.72. The van der Waals surface area contributed by atoms with Crippen LogP contribution in [0.2, 0.25) is 0 Å². The van der Waals surface area contributed by atoms with Crippen LogP contribution in [0.4, 0.5) is 0 Å². The highest BCUT2D eigenvalue weighted by Crippen LogP contribution is 2.24. The third-order valence-corrected chi connectivity index (χ3v) is 4.97. The smallest absolute Gasteiger partial charge is 0.191 e. The number of thiazole rings is 1. The summed E-state index contributed by atoms with van der Waals surface area (Å²) in [5, 5.41) is 10.00. The highest BCUT2D eigenvalue weighted by atomic mass is 32.1. The van der Waals surface area contributed by atoms with E-state index in [2.05, 4.69) is 60.8 Å². The molecule has 0 aliphatic heterocycles. The number of hydrogen-bond acceptors (Lipinski definition) is 4. The first kappa shape index (κ1) is 20.2. The topological polar surface area (TPSA) is 58.5 Å². The fraction of sp³-hybridized carbons (Fsp3) is 0.500. The second kappa shape index (κ2) is 9.03. The standard InChI is InChI=1S/C20H30N4OS/c1-14-7-8-15(16(11-14)25-6)12-23-19(21-5)22-10-9-18-24-17(13-26-18)20(2,3)4/h7-8,11,13H,9-10,12H2,1-6H3,(H2,21,22,23). The van der Waals surface area contributed by atoms with E-state index in [1.165, 1.54) is 5.56 Å². The van der Waals surface area contributed by atoms with E-state index in [0.717, 1.165) is 40.9 Å². The molecule has 2 rings (SSSR count). The van der Waals surface area contributed by atoms with E-state index in [1.54, 1.807) is 25.5 Å². The number of rotatable bonds is 6. The Morgan fingerprint density at radius 3 is 2.65 bits per heavy atom. The minimum atomic E-state index is 0.104. The lowest BCUT2D eigenvalue weighted by molar-refractivity contribution is 0.408. The summed E-state index contributed by atoms with van der Waals surface area (Å²) in [7, 11) is 3.48. The van der Waals surface area contributed by atoms with Crippen molar-refractivity contribution < 1.29 is 4.74 Å². The number of aryl methyl sites for hydroxylation is 1. The molecule has 0 radical (unpaired) electrons. The molecule has 0 spiro atoms. The molecule has 1 aromatic carbocycles. The van der Waals surface area contributed by atoms with Crippen molar-refractivity contribution in [1.82, 2.24) is 15.6 Å². The molecule has 142 valence electrons. The second-order valence-electron chi connectivity index (χ2n) is 7.29. The van der Waals surface area contributed by atoms with Gasteiger partial charge in [-0.05, 0) is 18.6 Å². The molecule has 0 amide bonds. The second-order valence-corrected chi connectivity index (χ2v) is 8.24. The van der Waals surface area contributed by atoms with Gasteiger partial charge in [-0.15, -0.1) is 11.3 Å². The third kappa shape index (κ3) is 5.73. The predicted molar refractivity (Wildman–Crippen MR) is 110 cm³/mol. The van der Waals surface area contributed by atoms with Crippen LogP contribution >= 0.6 is 11.3 Å². The number of nitrogens with zero attached hydrogens (tertiary/aromatic N) is 2. The summed E-state index contributed by atoms with van der Waals surface area (Å²) in [6.45, 7) is 10.1. The number of ether oxygens (including phenoxy) is 1. The van der Waals surface area contributed by atoms with Gasteiger partial charge in [0.1, 0.15) is 5.75 Å². The predicted octanol–water partition coefficient (Wildman–Crippen LogP) is 3.67. The molecule has 0 bridgehead atoms. The van der Waals surface area contributed by atoms with E-state index in [-0.39, 0.29) is 5.41 Å². The summed E-state index contributed by atoms with van der Waals surface area (Å²) in [5.74, 6) is 1.67. The Kier molecular flexibility index (Phi) is 7.03. The first-order valence-electron chi connectivity index (χ1n) is 8.86. The van der Waals surface area contributed by atoms with Gasteiger partial charge >= 0.3 is 0 Å². The van der Waals surface area contributed by atoms with E-state index in [1.807, 2.05) is 6.07 Å². The van der Waals surface area contributed by atoms with Crippen molar-refractivity contribution in [3.63, 3.8) is 0 Å². The molecule has 2 aromatic rings. The number of aliphatic imine (C=N–C) groups is 1. The molecule has 0 aliphatic carbocycles. The molecule has 1 heterocycles. The molecular formula is C20H30N4OS. The van der Waals surface area contributed by atoms with Crippen LogP contribution in [0.15, 0.2) is 28.6 Å². The SMILES string of the molecule is CN=C(NCCc1nc(C(C)(C)C)cs1)NCc1ccc(C)cc1OC. The van der Waals surface area contributed by atoms with Gasteiger partial charge in [0, 0.05) is 42.9 Å². The molecule has 0 fully saturated rings. The van der Waals surface area contributed by atoms with Crippen LogP contribution in [0.5, 0.6) is 5.75 Å².